The van der Waals surface area contributed by atoms with Crippen LogP contribution in [0.2, 0.25) is 0 Å². The van der Waals surface area contributed by atoms with Gasteiger partial charge in [0, 0.05) is 24.7 Å². The molecule has 5 heteroatoms. The number of rotatable bonds is 7. The van der Waals surface area contributed by atoms with E-state index in [1.165, 1.54) is 6.08 Å². The van der Waals surface area contributed by atoms with Crippen LogP contribution in [0, 0.1) is 0 Å². The zero-order valence-corrected chi connectivity index (χ0v) is 10.8. The summed E-state index contributed by atoms with van der Waals surface area (Å²) in [6.45, 7) is 0.535. The van der Waals surface area contributed by atoms with Gasteiger partial charge in [-0.1, -0.05) is 12.1 Å². The van der Waals surface area contributed by atoms with Gasteiger partial charge in [-0.25, -0.2) is 0 Å². The Labute approximate surface area is 112 Å². The van der Waals surface area contributed by atoms with E-state index in [4.69, 9.17) is 11.5 Å². The van der Waals surface area contributed by atoms with Gasteiger partial charge in [-0.15, -0.1) is 0 Å². The van der Waals surface area contributed by atoms with Crippen molar-refractivity contribution in [3.8, 4) is 0 Å². The monoisotopic (exact) mass is 261 g/mol. The van der Waals surface area contributed by atoms with Crippen LogP contribution < -0.4 is 16.8 Å². The number of nitrogen functional groups attached to an aromatic ring is 1. The topological polar surface area (TPSA) is 98.2 Å². The van der Waals surface area contributed by atoms with Gasteiger partial charge in [0.1, 0.15) is 0 Å². The molecule has 0 fully saturated rings. The van der Waals surface area contributed by atoms with E-state index in [1.54, 1.807) is 18.2 Å². The van der Waals surface area contributed by atoms with Crippen molar-refractivity contribution in [2.45, 2.75) is 19.3 Å². The molecule has 0 heterocycles. The lowest BCUT2D eigenvalue weighted by Gasteiger charge is -2.01. The van der Waals surface area contributed by atoms with Crippen LogP contribution in [0.1, 0.15) is 24.8 Å². The molecule has 1 aromatic carbocycles. The number of carbonyl (C=O) groups is 2. The van der Waals surface area contributed by atoms with Crippen molar-refractivity contribution in [1.29, 1.82) is 0 Å². The molecule has 0 saturated carbocycles. The minimum absolute atomic E-state index is 0.165. The SMILES string of the molecule is NC(=O)CCCCNC(=O)/C=C/c1cccc(N)c1. The molecule has 19 heavy (non-hydrogen) atoms. The van der Waals surface area contributed by atoms with E-state index < -0.39 is 0 Å². The van der Waals surface area contributed by atoms with E-state index in [9.17, 15) is 9.59 Å². The number of unbranched alkanes of at least 4 members (excludes halogenated alkanes) is 1. The molecule has 2 amide bonds. The Hall–Kier alpha value is -2.30. The Morgan fingerprint density at radius 2 is 2.05 bits per heavy atom. The van der Waals surface area contributed by atoms with Crippen LogP contribution in [-0.4, -0.2) is 18.4 Å². The standard InChI is InChI=1S/C14H19N3O2/c15-12-5-3-4-11(10-12)7-8-14(19)17-9-2-1-6-13(16)18/h3-5,7-8,10H,1-2,6,9,15H2,(H2,16,18)(H,17,19)/b8-7+. The van der Waals surface area contributed by atoms with E-state index in [1.807, 2.05) is 12.1 Å². The van der Waals surface area contributed by atoms with Crippen molar-refractivity contribution >= 4 is 23.6 Å². The lowest BCUT2D eigenvalue weighted by molar-refractivity contribution is -0.118. The van der Waals surface area contributed by atoms with Crippen molar-refractivity contribution in [2.24, 2.45) is 5.73 Å². The Bertz CT molecular complexity index is 470. The molecular formula is C14H19N3O2. The summed E-state index contributed by atoms with van der Waals surface area (Å²) in [6, 6.07) is 7.27. The highest BCUT2D eigenvalue weighted by Crippen LogP contribution is 2.07. The maximum absolute atomic E-state index is 11.5. The predicted molar refractivity (Wildman–Crippen MR) is 75.9 cm³/mol. The number of primary amides is 1. The number of hydrogen-bond acceptors (Lipinski definition) is 3. The molecule has 5 nitrogen and oxygen atoms in total. The van der Waals surface area contributed by atoms with E-state index in [-0.39, 0.29) is 11.8 Å². The number of benzene rings is 1. The molecule has 1 aromatic rings. The number of carbonyl (C=O) groups excluding carboxylic acids is 2. The largest absolute Gasteiger partial charge is 0.399 e. The zero-order chi connectivity index (χ0) is 14.1. The number of nitrogens with one attached hydrogen (secondary N) is 1. The number of hydrogen-bond donors (Lipinski definition) is 3. The molecular weight excluding hydrogens is 242 g/mol. The minimum atomic E-state index is -0.312. The minimum Gasteiger partial charge on any atom is -0.399 e. The lowest BCUT2D eigenvalue weighted by Crippen LogP contribution is -2.22. The summed E-state index contributed by atoms with van der Waals surface area (Å²) in [7, 11) is 0. The van der Waals surface area contributed by atoms with Crippen LogP contribution >= 0.6 is 0 Å². The van der Waals surface area contributed by atoms with Gasteiger partial charge in [0.2, 0.25) is 11.8 Å². The van der Waals surface area contributed by atoms with Crippen LogP contribution in [0.3, 0.4) is 0 Å². The molecule has 0 aliphatic carbocycles. The third kappa shape index (κ3) is 6.88. The molecule has 0 aromatic heterocycles. The normalized spacial score (nSPS) is 10.5. The average Bonchev–Trinajstić information content (AvgIpc) is 2.35. The summed E-state index contributed by atoms with van der Waals surface area (Å²) < 4.78 is 0. The molecule has 1 rings (SSSR count). The summed E-state index contributed by atoms with van der Waals surface area (Å²) in [5.41, 5.74) is 12.2. The highest BCUT2D eigenvalue weighted by Gasteiger charge is 1.97. The fourth-order valence-corrected chi connectivity index (χ4v) is 1.53. The maximum atomic E-state index is 11.5. The predicted octanol–water partition coefficient (Wildman–Crippen LogP) is 1.05. The summed E-state index contributed by atoms with van der Waals surface area (Å²) in [5.74, 6) is -0.477. The van der Waals surface area contributed by atoms with Crippen molar-refractivity contribution in [1.82, 2.24) is 5.32 Å². The molecule has 0 bridgehead atoms. The zero-order valence-electron chi connectivity index (χ0n) is 10.8. The number of amides is 2. The fraction of sp³-hybridized carbons (Fsp3) is 0.286. The van der Waals surface area contributed by atoms with Crippen molar-refractivity contribution < 1.29 is 9.59 Å². The lowest BCUT2D eigenvalue weighted by atomic mass is 10.2. The van der Waals surface area contributed by atoms with Gasteiger partial charge in [0.25, 0.3) is 0 Å². The smallest absolute Gasteiger partial charge is 0.243 e. The second-order valence-electron chi connectivity index (χ2n) is 4.22. The highest BCUT2D eigenvalue weighted by molar-refractivity contribution is 5.91. The number of nitrogens with two attached hydrogens (primary N) is 2. The van der Waals surface area contributed by atoms with Crippen LogP contribution in [-0.2, 0) is 9.59 Å². The maximum Gasteiger partial charge on any atom is 0.243 e. The highest BCUT2D eigenvalue weighted by atomic mass is 16.1. The summed E-state index contributed by atoms with van der Waals surface area (Å²) >= 11 is 0. The fourth-order valence-electron chi connectivity index (χ4n) is 1.53. The summed E-state index contributed by atoms with van der Waals surface area (Å²) in [4.78, 5) is 22.0. The van der Waals surface area contributed by atoms with Gasteiger partial charge < -0.3 is 16.8 Å². The van der Waals surface area contributed by atoms with E-state index in [2.05, 4.69) is 5.32 Å². The molecule has 0 unspecified atom stereocenters. The Kier molecular flexibility index (Phi) is 6.15. The third-order valence-corrected chi connectivity index (χ3v) is 2.49. The Balaban J connectivity index is 2.25. The first-order valence-electron chi connectivity index (χ1n) is 6.17. The van der Waals surface area contributed by atoms with Crippen LogP contribution in [0.4, 0.5) is 5.69 Å². The Morgan fingerprint density at radius 3 is 2.74 bits per heavy atom. The van der Waals surface area contributed by atoms with Gasteiger partial charge in [-0.05, 0) is 36.6 Å². The molecule has 5 N–H and O–H groups in total. The summed E-state index contributed by atoms with van der Waals surface area (Å²) in [6.07, 6.45) is 4.95. The van der Waals surface area contributed by atoms with Gasteiger partial charge in [-0.3, -0.25) is 9.59 Å². The van der Waals surface area contributed by atoms with E-state index >= 15 is 0 Å². The molecule has 0 saturated heterocycles. The van der Waals surface area contributed by atoms with Gasteiger partial charge >= 0.3 is 0 Å². The van der Waals surface area contributed by atoms with Crippen LogP contribution in [0.5, 0.6) is 0 Å². The third-order valence-electron chi connectivity index (χ3n) is 2.49. The molecule has 0 spiro atoms. The molecule has 0 aliphatic heterocycles. The molecule has 0 aliphatic rings. The first-order valence-corrected chi connectivity index (χ1v) is 6.17. The second-order valence-corrected chi connectivity index (χ2v) is 4.22. The quantitative estimate of drug-likeness (QED) is 0.389. The first-order chi connectivity index (χ1) is 9.08. The van der Waals surface area contributed by atoms with Crippen LogP contribution in [0.15, 0.2) is 30.3 Å². The average molecular weight is 261 g/mol. The van der Waals surface area contributed by atoms with Crippen molar-refractivity contribution in [3.63, 3.8) is 0 Å². The molecule has 0 atom stereocenters. The summed E-state index contributed by atoms with van der Waals surface area (Å²) in [5, 5.41) is 2.73. The second kappa shape index (κ2) is 7.92. The van der Waals surface area contributed by atoms with Gasteiger partial charge in [0.05, 0.1) is 0 Å². The Morgan fingerprint density at radius 1 is 1.26 bits per heavy atom. The first kappa shape index (κ1) is 14.8. The van der Waals surface area contributed by atoms with Crippen LogP contribution in [0.25, 0.3) is 6.08 Å². The molecule has 102 valence electrons. The van der Waals surface area contributed by atoms with Gasteiger partial charge in [0.15, 0.2) is 0 Å². The van der Waals surface area contributed by atoms with E-state index in [0.29, 0.717) is 25.1 Å². The van der Waals surface area contributed by atoms with Gasteiger partial charge in [-0.2, -0.15) is 0 Å². The van der Waals surface area contributed by atoms with E-state index in [0.717, 1.165) is 12.0 Å². The number of anilines is 1. The van der Waals surface area contributed by atoms with Crippen molar-refractivity contribution in [3.05, 3.63) is 35.9 Å². The molecule has 0 radical (unpaired) electrons. The van der Waals surface area contributed by atoms with Crippen molar-refractivity contribution in [2.75, 3.05) is 12.3 Å².